The van der Waals surface area contributed by atoms with E-state index in [2.05, 4.69) is 19.2 Å². The molecule has 1 amide bonds. The Labute approximate surface area is 378 Å². The maximum Gasteiger partial charge on any atom is 0.305 e. The SMILES string of the molecule is CCCCCCCCCCCC/C=C/C(O)C(COC1OC(CO)C(O)C(O)C1O)NC(=O)CCCCCCCCCCCCCOC(=O)CCCCCCCCCCCCC. The van der Waals surface area contributed by atoms with Gasteiger partial charge in [0.25, 0.3) is 0 Å². The van der Waals surface area contributed by atoms with Gasteiger partial charge in [0.1, 0.15) is 24.4 Å². The number of aliphatic hydroxyl groups is 5. The molecule has 1 heterocycles. The smallest absolute Gasteiger partial charge is 0.305 e. The number of nitrogens with one attached hydrogen (secondary N) is 1. The number of rotatable bonds is 44. The fourth-order valence-corrected chi connectivity index (χ4v) is 8.20. The van der Waals surface area contributed by atoms with Gasteiger partial charge in [-0.2, -0.15) is 0 Å². The molecule has 7 atom stereocenters. The molecule has 0 spiro atoms. The third-order valence-corrected chi connectivity index (χ3v) is 12.4. The average molecular weight is 884 g/mol. The van der Waals surface area contributed by atoms with Crippen molar-refractivity contribution in [2.75, 3.05) is 19.8 Å². The van der Waals surface area contributed by atoms with E-state index in [1.165, 1.54) is 141 Å². The summed E-state index contributed by atoms with van der Waals surface area (Å²) in [6.45, 7) is 4.26. The Kier molecular flexibility index (Phi) is 39.6. The summed E-state index contributed by atoms with van der Waals surface area (Å²) in [6.07, 6.45) is 35.6. The van der Waals surface area contributed by atoms with Gasteiger partial charge in [-0.15, -0.1) is 0 Å². The van der Waals surface area contributed by atoms with E-state index in [1.807, 2.05) is 6.08 Å². The summed E-state index contributed by atoms with van der Waals surface area (Å²) in [7, 11) is 0. The van der Waals surface area contributed by atoms with Crippen molar-refractivity contribution in [3.8, 4) is 0 Å². The molecule has 0 bridgehead atoms. The second kappa shape index (κ2) is 42.1. The number of carbonyl (C=O) groups is 2. The minimum Gasteiger partial charge on any atom is -0.466 e. The van der Waals surface area contributed by atoms with E-state index in [0.717, 1.165) is 70.6 Å². The van der Waals surface area contributed by atoms with Crippen LogP contribution in [-0.2, 0) is 23.8 Å². The number of allylic oxidation sites excluding steroid dienone is 1. The first-order chi connectivity index (χ1) is 30.2. The highest BCUT2D eigenvalue weighted by atomic mass is 16.7. The number of esters is 1. The molecule has 0 aromatic heterocycles. The Hall–Kier alpha value is -1.60. The van der Waals surface area contributed by atoms with Gasteiger partial charge in [-0.05, 0) is 32.1 Å². The summed E-state index contributed by atoms with van der Waals surface area (Å²) in [5.41, 5.74) is 0. The highest BCUT2D eigenvalue weighted by molar-refractivity contribution is 5.76. The number of aliphatic hydroxyl groups excluding tert-OH is 5. The minimum atomic E-state index is -1.58. The highest BCUT2D eigenvalue weighted by Crippen LogP contribution is 2.23. The summed E-state index contributed by atoms with van der Waals surface area (Å²) in [5.74, 6) is -0.240. The minimum absolute atomic E-state index is 0.0399. The lowest BCUT2D eigenvalue weighted by atomic mass is 9.99. The van der Waals surface area contributed by atoms with Crippen LogP contribution in [0.3, 0.4) is 0 Å². The third-order valence-electron chi connectivity index (χ3n) is 12.4. The first-order valence-corrected chi connectivity index (χ1v) is 26.0. The molecule has 0 aliphatic carbocycles. The van der Waals surface area contributed by atoms with Crippen LogP contribution in [0.25, 0.3) is 0 Å². The normalized spacial score (nSPS) is 20.1. The highest BCUT2D eigenvalue weighted by Gasteiger charge is 2.44. The average Bonchev–Trinajstić information content (AvgIpc) is 3.27. The summed E-state index contributed by atoms with van der Waals surface area (Å²) in [5, 5.41) is 54.2. The van der Waals surface area contributed by atoms with E-state index in [4.69, 9.17) is 14.2 Å². The second-order valence-corrected chi connectivity index (χ2v) is 18.2. The maximum atomic E-state index is 13.0. The summed E-state index contributed by atoms with van der Waals surface area (Å²) >= 11 is 0. The number of hydrogen-bond donors (Lipinski definition) is 6. The summed E-state index contributed by atoms with van der Waals surface area (Å²) in [6, 6.07) is -0.821. The predicted molar refractivity (Wildman–Crippen MR) is 251 cm³/mol. The lowest BCUT2D eigenvalue weighted by Gasteiger charge is -2.40. The largest absolute Gasteiger partial charge is 0.466 e. The first kappa shape index (κ1) is 58.4. The predicted octanol–water partition coefficient (Wildman–Crippen LogP) is 10.4. The van der Waals surface area contributed by atoms with Crippen molar-refractivity contribution in [1.82, 2.24) is 5.32 Å². The van der Waals surface area contributed by atoms with Gasteiger partial charge in [0.2, 0.25) is 5.91 Å². The van der Waals surface area contributed by atoms with E-state index in [0.29, 0.717) is 19.4 Å². The number of carbonyl (C=O) groups excluding carboxylic acids is 2. The van der Waals surface area contributed by atoms with E-state index in [-0.39, 0.29) is 18.5 Å². The maximum absolute atomic E-state index is 13.0. The van der Waals surface area contributed by atoms with Crippen LogP contribution in [0.15, 0.2) is 12.2 Å². The Morgan fingerprint density at radius 3 is 1.50 bits per heavy atom. The number of unbranched alkanes of at least 4 members (excludes halogenated alkanes) is 30. The molecule has 0 saturated carbocycles. The standard InChI is InChI=1S/C51H97NO10/c1-3-5-7-9-11-13-15-18-21-25-29-33-37-44(54)43(42-61-51-50(59)49(58)48(57)45(41-53)62-51)52-46(55)38-34-30-26-22-19-16-20-24-28-32-36-40-60-47(56)39-35-31-27-23-17-14-12-10-8-6-4-2/h33,37,43-45,48-51,53-54,57-59H,3-32,34-36,38-42H2,1-2H3,(H,52,55)/b37-33+. The van der Waals surface area contributed by atoms with Gasteiger partial charge < -0.3 is 45.1 Å². The van der Waals surface area contributed by atoms with Crippen LogP contribution in [0.2, 0.25) is 0 Å². The molecule has 11 heteroatoms. The van der Waals surface area contributed by atoms with E-state index in [9.17, 15) is 35.1 Å². The molecular formula is C51H97NO10. The number of ether oxygens (including phenoxy) is 3. The molecule has 1 fully saturated rings. The van der Waals surface area contributed by atoms with Gasteiger partial charge in [0, 0.05) is 12.8 Å². The van der Waals surface area contributed by atoms with Gasteiger partial charge in [0.15, 0.2) is 6.29 Å². The fourth-order valence-electron chi connectivity index (χ4n) is 8.20. The van der Waals surface area contributed by atoms with E-state index >= 15 is 0 Å². The molecule has 1 saturated heterocycles. The molecule has 7 unspecified atom stereocenters. The second-order valence-electron chi connectivity index (χ2n) is 18.2. The van der Waals surface area contributed by atoms with E-state index < -0.39 is 49.5 Å². The van der Waals surface area contributed by atoms with Crippen molar-refractivity contribution in [1.29, 1.82) is 0 Å². The van der Waals surface area contributed by atoms with Crippen molar-refractivity contribution in [2.24, 2.45) is 0 Å². The van der Waals surface area contributed by atoms with Crippen LogP contribution in [0.5, 0.6) is 0 Å². The molecule has 11 nitrogen and oxygen atoms in total. The Morgan fingerprint density at radius 1 is 0.581 bits per heavy atom. The van der Waals surface area contributed by atoms with Crippen LogP contribution in [0.4, 0.5) is 0 Å². The van der Waals surface area contributed by atoms with Crippen molar-refractivity contribution in [3.63, 3.8) is 0 Å². The molecule has 0 radical (unpaired) electrons. The zero-order valence-corrected chi connectivity index (χ0v) is 39.8. The van der Waals surface area contributed by atoms with Crippen LogP contribution in [-0.4, -0.2) is 100 Å². The quantitative estimate of drug-likeness (QED) is 0.0196. The Balaban J connectivity index is 2.20. The van der Waals surface area contributed by atoms with Crippen molar-refractivity contribution in [3.05, 3.63) is 12.2 Å². The first-order valence-electron chi connectivity index (χ1n) is 26.0. The van der Waals surface area contributed by atoms with Crippen LogP contribution < -0.4 is 5.32 Å². The molecule has 0 aromatic rings. The lowest BCUT2D eigenvalue weighted by molar-refractivity contribution is -0.302. The molecule has 1 aliphatic rings. The fraction of sp³-hybridized carbons (Fsp3) is 0.922. The zero-order chi connectivity index (χ0) is 45.3. The van der Waals surface area contributed by atoms with Gasteiger partial charge >= 0.3 is 5.97 Å². The molecule has 6 N–H and O–H groups in total. The molecule has 62 heavy (non-hydrogen) atoms. The third kappa shape index (κ3) is 32.1. The van der Waals surface area contributed by atoms with Crippen molar-refractivity contribution < 1.29 is 49.3 Å². The monoisotopic (exact) mass is 884 g/mol. The van der Waals surface area contributed by atoms with Crippen LogP contribution in [0, 0.1) is 0 Å². The van der Waals surface area contributed by atoms with Crippen LogP contribution in [0.1, 0.15) is 239 Å². The van der Waals surface area contributed by atoms with Gasteiger partial charge in [0.05, 0.1) is 32.0 Å². The topological polar surface area (TPSA) is 175 Å². The van der Waals surface area contributed by atoms with Crippen LogP contribution >= 0.6 is 0 Å². The lowest BCUT2D eigenvalue weighted by Crippen LogP contribution is -2.60. The van der Waals surface area contributed by atoms with Crippen molar-refractivity contribution in [2.45, 2.75) is 281 Å². The van der Waals surface area contributed by atoms with E-state index in [1.54, 1.807) is 6.08 Å². The number of hydrogen-bond acceptors (Lipinski definition) is 10. The van der Waals surface area contributed by atoms with Gasteiger partial charge in [-0.1, -0.05) is 206 Å². The van der Waals surface area contributed by atoms with Gasteiger partial charge in [-0.25, -0.2) is 0 Å². The number of amides is 1. The van der Waals surface area contributed by atoms with Crippen molar-refractivity contribution >= 4 is 11.9 Å². The molecule has 1 rings (SSSR count). The summed E-state index contributed by atoms with van der Waals surface area (Å²) in [4.78, 5) is 25.0. The summed E-state index contributed by atoms with van der Waals surface area (Å²) < 4.78 is 16.6. The Morgan fingerprint density at radius 2 is 1.02 bits per heavy atom. The molecule has 1 aliphatic heterocycles. The molecule has 0 aromatic carbocycles. The zero-order valence-electron chi connectivity index (χ0n) is 39.8. The molecule has 366 valence electrons. The Bertz CT molecular complexity index is 1040. The van der Waals surface area contributed by atoms with Gasteiger partial charge in [-0.3, -0.25) is 9.59 Å². The molecular weight excluding hydrogens is 787 g/mol.